The molecule has 0 spiro atoms. The van der Waals surface area contributed by atoms with Crippen LogP contribution in [0.4, 0.5) is 16.2 Å². The summed E-state index contributed by atoms with van der Waals surface area (Å²) in [6.45, 7) is 12.4. The number of amides is 4. The Morgan fingerprint density at radius 3 is 1.82 bits per heavy atom. The highest BCUT2D eigenvalue weighted by atomic mass is 16.6. The predicted molar refractivity (Wildman–Crippen MR) is 168 cm³/mol. The van der Waals surface area contributed by atoms with E-state index in [-0.39, 0.29) is 36.3 Å². The van der Waals surface area contributed by atoms with Gasteiger partial charge in [-0.05, 0) is 35.9 Å². The minimum Gasteiger partial charge on any atom is -0.507 e. The zero-order valence-electron chi connectivity index (χ0n) is 27.3. The maximum absolute atomic E-state index is 12.7. The number of hydrogen-bond donors (Lipinski definition) is 2. The highest BCUT2D eigenvalue weighted by Gasteiger charge is 2.26. The van der Waals surface area contributed by atoms with Crippen LogP contribution >= 0.6 is 0 Å². The molecule has 0 radical (unpaired) electrons. The Hall–Kier alpha value is -4.48. The molecule has 0 bridgehead atoms. The number of nitrogens with zero attached hydrogens (tertiary/aromatic N) is 5. The van der Waals surface area contributed by atoms with Gasteiger partial charge in [-0.3, -0.25) is 14.4 Å². The van der Waals surface area contributed by atoms with Gasteiger partial charge in [-0.25, -0.2) is 4.79 Å². The van der Waals surface area contributed by atoms with Crippen LogP contribution in [0.5, 0.6) is 5.75 Å². The van der Waals surface area contributed by atoms with Crippen LogP contribution in [0.25, 0.3) is 0 Å². The fourth-order valence-corrected chi connectivity index (χ4v) is 3.97. The van der Waals surface area contributed by atoms with Crippen LogP contribution in [0.2, 0.25) is 0 Å². The van der Waals surface area contributed by atoms with Crippen molar-refractivity contribution >= 4 is 35.2 Å². The fourth-order valence-electron chi connectivity index (χ4n) is 3.97. The molecule has 0 unspecified atom stereocenters. The number of hydrogen-bond acceptors (Lipinski definition) is 8. The summed E-state index contributed by atoms with van der Waals surface area (Å²) in [5.74, 6) is -0.733. The normalized spacial score (nSPS) is 11.7. The van der Waals surface area contributed by atoms with Gasteiger partial charge >= 0.3 is 6.09 Å². The van der Waals surface area contributed by atoms with Crippen LogP contribution in [0.1, 0.15) is 57.5 Å². The average Bonchev–Trinajstić information content (AvgIpc) is 2.96. The number of benzene rings is 2. The molecule has 0 aliphatic carbocycles. The quantitative estimate of drug-likeness (QED) is 0.338. The number of rotatable bonds is 11. The Labute approximate surface area is 260 Å². The van der Waals surface area contributed by atoms with E-state index in [1.165, 1.54) is 23.1 Å². The molecule has 0 aliphatic rings. The van der Waals surface area contributed by atoms with Gasteiger partial charge in [-0.2, -0.15) is 10.2 Å². The summed E-state index contributed by atoms with van der Waals surface area (Å²) in [6, 6.07) is 11.3. The SMILES string of the molecule is CN(CCN(C)C(=O)C(C)(C)C)C(=O)OCc1ccc(/N=N/c2ccc(O)c(C(=O)NCCN(C)C(=O)C(C)(C)C)c2)cc1. The van der Waals surface area contributed by atoms with E-state index in [4.69, 9.17) is 4.74 Å². The first kappa shape index (κ1) is 35.7. The van der Waals surface area contributed by atoms with Crippen molar-refractivity contribution < 1.29 is 29.0 Å². The number of azo groups is 1. The second-order valence-corrected chi connectivity index (χ2v) is 12.8. The fraction of sp³-hybridized carbons (Fsp3) is 0.500. The third kappa shape index (κ3) is 11.0. The lowest BCUT2D eigenvalue weighted by Crippen LogP contribution is -2.41. The van der Waals surface area contributed by atoms with Gasteiger partial charge in [0.05, 0.1) is 16.9 Å². The van der Waals surface area contributed by atoms with Gasteiger partial charge in [0, 0.05) is 58.2 Å². The Kier molecular flexibility index (Phi) is 12.4. The molecule has 0 aliphatic heterocycles. The average molecular weight is 611 g/mol. The minimum absolute atomic E-state index is 0.00167. The van der Waals surface area contributed by atoms with Gasteiger partial charge in [-0.15, -0.1) is 0 Å². The molecule has 2 rings (SSSR count). The summed E-state index contributed by atoms with van der Waals surface area (Å²) in [5.41, 5.74) is 0.688. The van der Waals surface area contributed by atoms with Crippen LogP contribution in [-0.4, -0.2) is 90.9 Å². The number of phenolic OH excluding ortho intramolecular Hbond substituents is 1. The zero-order chi connectivity index (χ0) is 33.2. The van der Waals surface area contributed by atoms with E-state index in [2.05, 4.69) is 15.5 Å². The molecule has 0 heterocycles. The van der Waals surface area contributed by atoms with Crippen LogP contribution < -0.4 is 5.32 Å². The Bertz CT molecular complexity index is 1340. The number of ether oxygens (including phenoxy) is 1. The molecular weight excluding hydrogens is 564 g/mol. The maximum Gasteiger partial charge on any atom is 0.409 e. The van der Waals surface area contributed by atoms with Crippen molar-refractivity contribution in [1.29, 1.82) is 0 Å². The van der Waals surface area contributed by atoms with E-state index < -0.39 is 22.8 Å². The third-order valence-corrected chi connectivity index (χ3v) is 6.60. The molecule has 0 saturated carbocycles. The molecule has 12 nitrogen and oxygen atoms in total. The van der Waals surface area contributed by atoms with Crippen molar-refractivity contribution in [2.45, 2.75) is 48.1 Å². The summed E-state index contributed by atoms with van der Waals surface area (Å²) in [5, 5.41) is 21.3. The Morgan fingerprint density at radius 1 is 0.750 bits per heavy atom. The van der Waals surface area contributed by atoms with Gasteiger partial charge in [0.1, 0.15) is 12.4 Å². The molecule has 240 valence electrons. The first-order chi connectivity index (χ1) is 20.4. The van der Waals surface area contributed by atoms with Crippen LogP contribution in [0.3, 0.4) is 0 Å². The third-order valence-electron chi connectivity index (χ3n) is 6.60. The molecular formula is C32H46N6O6. The first-order valence-electron chi connectivity index (χ1n) is 14.4. The monoisotopic (exact) mass is 610 g/mol. The van der Waals surface area contributed by atoms with E-state index in [9.17, 15) is 24.3 Å². The van der Waals surface area contributed by atoms with Crippen molar-refractivity contribution in [1.82, 2.24) is 20.0 Å². The Morgan fingerprint density at radius 2 is 1.25 bits per heavy atom. The van der Waals surface area contributed by atoms with Crippen LogP contribution in [0, 0.1) is 10.8 Å². The highest BCUT2D eigenvalue weighted by Crippen LogP contribution is 2.25. The molecule has 2 aromatic rings. The molecule has 0 fully saturated rings. The van der Waals surface area contributed by atoms with Gasteiger partial charge < -0.3 is 29.9 Å². The predicted octanol–water partition coefficient (Wildman–Crippen LogP) is 5.11. The molecule has 0 aromatic heterocycles. The zero-order valence-corrected chi connectivity index (χ0v) is 27.3. The van der Waals surface area contributed by atoms with Gasteiger partial charge in [-0.1, -0.05) is 53.7 Å². The molecule has 2 aromatic carbocycles. The second-order valence-electron chi connectivity index (χ2n) is 12.8. The number of carbonyl (C=O) groups is 4. The number of phenols is 1. The lowest BCUT2D eigenvalue weighted by Gasteiger charge is -2.27. The summed E-state index contributed by atoms with van der Waals surface area (Å²) in [7, 11) is 5.01. The standard InChI is InChI=1S/C32H46N6O6/c1-31(2,3)28(41)36(7)17-16-33-27(40)25-20-24(14-15-26(25)39)35-34-23-12-10-22(11-13-23)21-44-30(43)38(9)19-18-37(8)29(42)32(4,5)6/h10-15,20,39H,16-19,21H2,1-9H3,(H,33,40)/b35-34+. The summed E-state index contributed by atoms with van der Waals surface area (Å²) >= 11 is 0. The maximum atomic E-state index is 12.7. The van der Waals surface area contributed by atoms with Gasteiger partial charge in [0.25, 0.3) is 5.91 Å². The van der Waals surface area contributed by atoms with Crippen molar-refractivity contribution in [3.8, 4) is 5.75 Å². The smallest absolute Gasteiger partial charge is 0.409 e. The van der Waals surface area contributed by atoms with Crippen molar-refractivity contribution in [2.75, 3.05) is 47.3 Å². The number of likely N-dealkylation sites (N-methyl/N-ethyl adjacent to an activating group) is 3. The van der Waals surface area contributed by atoms with E-state index >= 15 is 0 Å². The lowest BCUT2D eigenvalue weighted by atomic mass is 9.95. The first-order valence-corrected chi connectivity index (χ1v) is 14.4. The van der Waals surface area contributed by atoms with E-state index in [1.54, 1.807) is 55.2 Å². The molecule has 0 atom stereocenters. The summed E-state index contributed by atoms with van der Waals surface area (Å²) in [4.78, 5) is 54.2. The van der Waals surface area contributed by atoms with Crippen LogP contribution in [0.15, 0.2) is 52.7 Å². The topological polar surface area (TPSA) is 144 Å². The van der Waals surface area contributed by atoms with Gasteiger partial charge in [0.15, 0.2) is 0 Å². The number of aromatic hydroxyl groups is 1. The lowest BCUT2D eigenvalue weighted by molar-refractivity contribution is -0.138. The van der Waals surface area contributed by atoms with Crippen LogP contribution in [-0.2, 0) is 20.9 Å². The summed E-state index contributed by atoms with van der Waals surface area (Å²) in [6.07, 6.45) is -0.497. The highest BCUT2D eigenvalue weighted by molar-refractivity contribution is 5.97. The number of carbonyl (C=O) groups excluding carboxylic acids is 4. The van der Waals surface area contributed by atoms with E-state index in [0.717, 1.165) is 5.56 Å². The van der Waals surface area contributed by atoms with E-state index in [1.807, 2.05) is 41.5 Å². The molecule has 2 N–H and O–H groups in total. The largest absolute Gasteiger partial charge is 0.507 e. The molecule has 44 heavy (non-hydrogen) atoms. The van der Waals surface area contributed by atoms with Gasteiger partial charge in [0.2, 0.25) is 11.8 Å². The molecule has 0 saturated heterocycles. The summed E-state index contributed by atoms with van der Waals surface area (Å²) < 4.78 is 5.38. The van der Waals surface area contributed by atoms with Crippen molar-refractivity contribution in [3.63, 3.8) is 0 Å². The molecule has 4 amide bonds. The minimum atomic E-state index is -0.520. The second kappa shape index (κ2) is 15.3. The van der Waals surface area contributed by atoms with Crippen molar-refractivity contribution in [2.24, 2.45) is 21.1 Å². The number of nitrogens with one attached hydrogen (secondary N) is 1. The Balaban J connectivity index is 1.89. The van der Waals surface area contributed by atoms with Crippen molar-refractivity contribution in [3.05, 3.63) is 53.6 Å². The molecule has 12 heteroatoms. The van der Waals surface area contributed by atoms with E-state index in [0.29, 0.717) is 31.0 Å².